The first-order chi connectivity index (χ1) is 7.81. The van der Waals surface area contributed by atoms with E-state index in [1.165, 1.54) is 0 Å². The molecule has 0 aliphatic carbocycles. The van der Waals surface area contributed by atoms with Gasteiger partial charge in [0.25, 0.3) is 0 Å². The maximum Gasteiger partial charge on any atom is 0.0700 e. The van der Waals surface area contributed by atoms with Crippen LogP contribution in [0.2, 0.25) is 0 Å². The first-order valence-electron chi connectivity index (χ1n) is 5.84. The van der Waals surface area contributed by atoms with Gasteiger partial charge in [0.05, 0.1) is 18.8 Å². The second-order valence-corrected chi connectivity index (χ2v) is 4.28. The predicted octanol–water partition coefficient (Wildman–Crippen LogP) is 1.49. The Kier molecular flexibility index (Phi) is 3.93. The van der Waals surface area contributed by atoms with E-state index in [4.69, 9.17) is 4.74 Å². The third kappa shape index (κ3) is 2.61. The maximum atomic E-state index is 9.42. The van der Waals surface area contributed by atoms with E-state index in [2.05, 4.69) is 12.2 Å². The predicted molar refractivity (Wildman–Crippen MR) is 63.2 cm³/mol. The Balaban J connectivity index is 2.00. The number of hydrogen-bond donors (Lipinski definition) is 2. The SMILES string of the molecule is CC1OCCC1N[C@@H](CO)c1ccccc1. The van der Waals surface area contributed by atoms with E-state index in [1.807, 2.05) is 30.3 Å². The van der Waals surface area contributed by atoms with Crippen molar-refractivity contribution in [1.29, 1.82) is 0 Å². The Morgan fingerprint density at radius 3 is 2.75 bits per heavy atom. The van der Waals surface area contributed by atoms with Crippen molar-refractivity contribution in [2.45, 2.75) is 31.5 Å². The van der Waals surface area contributed by atoms with Crippen molar-refractivity contribution in [3.8, 4) is 0 Å². The number of aliphatic hydroxyl groups excluding tert-OH is 1. The molecule has 2 rings (SSSR count). The normalized spacial score (nSPS) is 26.9. The second-order valence-electron chi connectivity index (χ2n) is 4.28. The molecule has 1 aliphatic heterocycles. The molecular weight excluding hydrogens is 202 g/mol. The summed E-state index contributed by atoms with van der Waals surface area (Å²) in [7, 11) is 0. The van der Waals surface area contributed by atoms with E-state index >= 15 is 0 Å². The fraction of sp³-hybridized carbons (Fsp3) is 0.538. The molecule has 3 atom stereocenters. The molecule has 0 radical (unpaired) electrons. The van der Waals surface area contributed by atoms with Crippen LogP contribution in [0.4, 0.5) is 0 Å². The van der Waals surface area contributed by atoms with Crippen LogP contribution in [0.15, 0.2) is 30.3 Å². The molecule has 88 valence electrons. The Morgan fingerprint density at radius 1 is 1.44 bits per heavy atom. The Bertz CT molecular complexity index is 315. The van der Waals surface area contributed by atoms with Crippen LogP contribution >= 0.6 is 0 Å². The second kappa shape index (κ2) is 5.43. The van der Waals surface area contributed by atoms with Crippen LogP contribution in [-0.2, 0) is 4.74 Å². The van der Waals surface area contributed by atoms with Gasteiger partial charge in [0.2, 0.25) is 0 Å². The Hall–Kier alpha value is -0.900. The largest absolute Gasteiger partial charge is 0.394 e. The van der Waals surface area contributed by atoms with Crippen molar-refractivity contribution in [2.24, 2.45) is 0 Å². The van der Waals surface area contributed by atoms with E-state index < -0.39 is 0 Å². The Labute approximate surface area is 96.4 Å². The summed E-state index contributed by atoms with van der Waals surface area (Å²) in [6.07, 6.45) is 1.25. The van der Waals surface area contributed by atoms with E-state index in [0.29, 0.717) is 6.04 Å². The van der Waals surface area contributed by atoms with Crippen LogP contribution in [0.5, 0.6) is 0 Å². The standard InChI is InChI=1S/C13H19NO2/c1-10-12(7-8-16-10)14-13(9-15)11-5-3-2-4-6-11/h2-6,10,12-15H,7-9H2,1H3/t10?,12?,13-/m0/s1. The van der Waals surface area contributed by atoms with Crippen LogP contribution in [-0.4, -0.2) is 30.5 Å². The van der Waals surface area contributed by atoms with Crippen molar-refractivity contribution >= 4 is 0 Å². The van der Waals surface area contributed by atoms with Gasteiger partial charge in [-0.15, -0.1) is 0 Å². The zero-order valence-corrected chi connectivity index (χ0v) is 9.60. The lowest BCUT2D eigenvalue weighted by atomic mass is 10.0. The van der Waals surface area contributed by atoms with Crippen molar-refractivity contribution < 1.29 is 9.84 Å². The quantitative estimate of drug-likeness (QED) is 0.809. The molecule has 1 aromatic carbocycles. The molecule has 0 amide bonds. The highest BCUT2D eigenvalue weighted by atomic mass is 16.5. The molecule has 1 saturated heterocycles. The van der Waals surface area contributed by atoms with E-state index in [0.717, 1.165) is 18.6 Å². The highest BCUT2D eigenvalue weighted by Gasteiger charge is 2.26. The van der Waals surface area contributed by atoms with Crippen molar-refractivity contribution in [1.82, 2.24) is 5.32 Å². The molecule has 0 bridgehead atoms. The average Bonchev–Trinajstić information content (AvgIpc) is 2.73. The molecule has 0 saturated carbocycles. The highest BCUT2D eigenvalue weighted by molar-refractivity contribution is 5.19. The van der Waals surface area contributed by atoms with Gasteiger partial charge in [-0.2, -0.15) is 0 Å². The molecule has 1 heterocycles. The van der Waals surface area contributed by atoms with Gasteiger partial charge in [-0.25, -0.2) is 0 Å². The summed E-state index contributed by atoms with van der Waals surface area (Å²) < 4.78 is 5.50. The summed E-state index contributed by atoms with van der Waals surface area (Å²) in [4.78, 5) is 0. The third-order valence-corrected chi connectivity index (χ3v) is 3.18. The summed E-state index contributed by atoms with van der Waals surface area (Å²) >= 11 is 0. The van der Waals surface area contributed by atoms with Crippen LogP contribution in [0.25, 0.3) is 0 Å². The molecular formula is C13H19NO2. The molecule has 3 heteroatoms. The summed E-state index contributed by atoms with van der Waals surface area (Å²) in [6, 6.07) is 10.4. The van der Waals surface area contributed by atoms with Crippen LogP contribution in [0.3, 0.4) is 0 Å². The molecule has 0 spiro atoms. The van der Waals surface area contributed by atoms with Gasteiger partial charge in [-0.1, -0.05) is 30.3 Å². The molecule has 1 aliphatic rings. The summed E-state index contributed by atoms with van der Waals surface area (Å²) in [5.41, 5.74) is 1.13. The van der Waals surface area contributed by atoms with Gasteiger partial charge in [0, 0.05) is 12.6 Å². The maximum absolute atomic E-state index is 9.42. The molecule has 1 aromatic rings. The minimum atomic E-state index is 0.00958. The van der Waals surface area contributed by atoms with E-state index in [1.54, 1.807) is 0 Å². The van der Waals surface area contributed by atoms with Crippen LogP contribution in [0, 0.1) is 0 Å². The fourth-order valence-corrected chi connectivity index (χ4v) is 2.15. The van der Waals surface area contributed by atoms with Crippen molar-refractivity contribution in [3.63, 3.8) is 0 Å². The van der Waals surface area contributed by atoms with E-state index in [-0.39, 0.29) is 18.8 Å². The lowest BCUT2D eigenvalue weighted by molar-refractivity contribution is 0.107. The van der Waals surface area contributed by atoms with Crippen LogP contribution in [0.1, 0.15) is 24.9 Å². The minimum Gasteiger partial charge on any atom is -0.394 e. The number of nitrogens with one attached hydrogen (secondary N) is 1. The van der Waals surface area contributed by atoms with Gasteiger partial charge in [0.1, 0.15) is 0 Å². The zero-order valence-electron chi connectivity index (χ0n) is 9.60. The van der Waals surface area contributed by atoms with Gasteiger partial charge < -0.3 is 15.2 Å². The molecule has 3 nitrogen and oxygen atoms in total. The first-order valence-corrected chi connectivity index (χ1v) is 5.84. The molecule has 2 N–H and O–H groups in total. The molecule has 16 heavy (non-hydrogen) atoms. The number of hydrogen-bond acceptors (Lipinski definition) is 3. The molecule has 1 fully saturated rings. The highest BCUT2D eigenvalue weighted by Crippen LogP contribution is 2.18. The van der Waals surface area contributed by atoms with Crippen molar-refractivity contribution in [2.75, 3.05) is 13.2 Å². The van der Waals surface area contributed by atoms with Crippen molar-refractivity contribution in [3.05, 3.63) is 35.9 Å². The topological polar surface area (TPSA) is 41.5 Å². The number of rotatable bonds is 4. The minimum absolute atomic E-state index is 0.00958. The van der Waals surface area contributed by atoms with E-state index in [9.17, 15) is 5.11 Å². The Morgan fingerprint density at radius 2 is 2.19 bits per heavy atom. The van der Waals surface area contributed by atoms with Gasteiger partial charge in [-0.05, 0) is 18.9 Å². The number of aliphatic hydroxyl groups is 1. The van der Waals surface area contributed by atoms with Crippen LogP contribution < -0.4 is 5.32 Å². The average molecular weight is 221 g/mol. The van der Waals surface area contributed by atoms with Gasteiger partial charge in [0.15, 0.2) is 0 Å². The van der Waals surface area contributed by atoms with Gasteiger partial charge in [-0.3, -0.25) is 0 Å². The lowest BCUT2D eigenvalue weighted by Crippen LogP contribution is -2.38. The fourth-order valence-electron chi connectivity index (χ4n) is 2.15. The monoisotopic (exact) mass is 221 g/mol. The third-order valence-electron chi connectivity index (χ3n) is 3.18. The zero-order chi connectivity index (χ0) is 11.4. The number of benzene rings is 1. The summed E-state index contributed by atoms with van der Waals surface area (Å²) in [6.45, 7) is 3.00. The first kappa shape index (κ1) is 11.6. The summed E-state index contributed by atoms with van der Waals surface area (Å²) in [5.74, 6) is 0. The van der Waals surface area contributed by atoms with Gasteiger partial charge >= 0.3 is 0 Å². The smallest absolute Gasteiger partial charge is 0.0700 e. The number of ether oxygens (including phenoxy) is 1. The molecule has 0 aromatic heterocycles. The summed E-state index contributed by atoms with van der Waals surface area (Å²) in [5, 5.41) is 12.9. The lowest BCUT2D eigenvalue weighted by Gasteiger charge is -2.23. The molecule has 2 unspecified atom stereocenters.